The van der Waals surface area contributed by atoms with Gasteiger partial charge in [0.25, 0.3) is 5.69 Å². The van der Waals surface area contributed by atoms with E-state index in [4.69, 9.17) is 0 Å². The molecule has 0 N–H and O–H groups in total. The minimum Gasteiger partial charge on any atom is -0.299 e. The van der Waals surface area contributed by atoms with Gasteiger partial charge < -0.3 is 0 Å². The maximum absolute atomic E-state index is 11.7. The Bertz CT molecular complexity index is 562. The highest BCUT2D eigenvalue weighted by Crippen LogP contribution is 2.33. The van der Waals surface area contributed by atoms with E-state index >= 15 is 0 Å². The number of nitro groups is 1. The fraction of sp³-hybridized carbons (Fsp3) is 0.429. The second-order valence-corrected chi connectivity index (χ2v) is 5.69. The first-order chi connectivity index (χ1) is 8.85. The number of hydrogen-bond donors (Lipinski definition) is 0. The number of aliphatic imine (C=N–C) groups is 1. The molecule has 0 aliphatic heterocycles. The first-order valence-electron chi connectivity index (χ1n) is 6.18. The Morgan fingerprint density at radius 2 is 2.05 bits per heavy atom. The maximum atomic E-state index is 11.7. The van der Waals surface area contributed by atoms with Gasteiger partial charge in [0.1, 0.15) is 5.78 Å². The van der Waals surface area contributed by atoms with Gasteiger partial charge in [-0.1, -0.05) is 19.9 Å². The Morgan fingerprint density at radius 3 is 2.68 bits per heavy atom. The molecule has 1 aromatic carbocycles. The molecule has 19 heavy (non-hydrogen) atoms. The van der Waals surface area contributed by atoms with E-state index in [1.807, 2.05) is 13.8 Å². The zero-order valence-corrected chi connectivity index (χ0v) is 11.0. The highest BCUT2D eigenvalue weighted by molar-refractivity contribution is 6.05. The van der Waals surface area contributed by atoms with Gasteiger partial charge in [-0.15, -0.1) is 0 Å². The van der Waals surface area contributed by atoms with Crippen LogP contribution < -0.4 is 0 Å². The van der Waals surface area contributed by atoms with Gasteiger partial charge in [0.05, 0.1) is 10.6 Å². The quantitative estimate of drug-likeness (QED) is 0.604. The number of rotatable bonds is 2. The zero-order valence-electron chi connectivity index (χ0n) is 11.0. The first-order valence-corrected chi connectivity index (χ1v) is 6.18. The van der Waals surface area contributed by atoms with Crippen LogP contribution in [0.25, 0.3) is 0 Å². The first kappa shape index (κ1) is 13.4. The average Bonchev–Trinajstić information content (AvgIpc) is 2.26. The van der Waals surface area contributed by atoms with E-state index in [1.54, 1.807) is 12.1 Å². The number of benzene rings is 1. The molecule has 0 aromatic heterocycles. The van der Waals surface area contributed by atoms with Gasteiger partial charge in [-0.2, -0.15) is 0 Å². The number of Topliss-reactive ketones (excluding diaryl/α,β-unsaturated/α-hetero) is 1. The Labute approximate surface area is 111 Å². The molecule has 1 saturated carbocycles. The van der Waals surface area contributed by atoms with Gasteiger partial charge >= 0.3 is 0 Å². The molecule has 1 aliphatic carbocycles. The summed E-state index contributed by atoms with van der Waals surface area (Å²) in [6.45, 7) is 4.07. The lowest BCUT2D eigenvalue weighted by Crippen LogP contribution is -2.28. The van der Waals surface area contributed by atoms with Crippen molar-refractivity contribution in [2.45, 2.75) is 33.1 Å². The molecule has 0 saturated heterocycles. The van der Waals surface area contributed by atoms with E-state index in [1.165, 1.54) is 12.1 Å². The predicted molar refractivity (Wildman–Crippen MR) is 72.8 cm³/mol. The van der Waals surface area contributed by atoms with Crippen LogP contribution in [0.2, 0.25) is 0 Å². The second-order valence-electron chi connectivity index (χ2n) is 5.69. The van der Waals surface area contributed by atoms with Gasteiger partial charge in [0, 0.05) is 30.7 Å². The van der Waals surface area contributed by atoms with Crippen molar-refractivity contribution >= 4 is 22.9 Å². The molecule has 0 bridgehead atoms. The van der Waals surface area contributed by atoms with Crippen molar-refractivity contribution in [3.8, 4) is 0 Å². The number of non-ortho nitro benzene ring substituents is 1. The molecule has 0 spiro atoms. The summed E-state index contributed by atoms with van der Waals surface area (Å²) >= 11 is 0. The normalized spacial score (nSPS) is 20.5. The van der Waals surface area contributed by atoms with E-state index in [0.717, 1.165) is 12.1 Å². The topological polar surface area (TPSA) is 72.6 Å². The van der Waals surface area contributed by atoms with Crippen molar-refractivity contribution in [2.75, 3.05) is 0 Å². The number of ketones is 1. The van der Waals surface area contributed by atoms with Crippen LogP contribution >= 0.6 is 0 Å². The molecule has 5 nitrogen and oxygen atoms in total. The van der Waals surface area contributed by atoms with Gasteiger partial charge in [-0.3, -0.25) is 19.9 Å². The molecular weight excluding hydrogens is 244 g/mol. The maximum Gasteiger partial charge on any atom is 0.271 e. The molecule has 5 heteroatoms. The summed E-state index contributed by atoms with van der Waals surface area (Å²) in [5.74, 6) is 0.181. The van der Waals surface area contributed by atoms with Gasteiger partial charge in [-0.05, 0) is 17.9 Å². The van der Waals surface area contributed by atoms with Crippen molar-refractivity contribution in [3.63, 3.8) is 0 Å². The molecule has 1 aliphatic rings. The minimum atomic E-state index is -0.445. The summed E-state index contributed by atoms with van der Waals surface area (Å²) in [5.41, 5.74) is 1.29. The Morgan fingerprint density at radius 1 is 1.32 bits per heavy atom. The van der Waals surface area contributed by atoms with Crippen molar-refractivity contribution in [1.82, 2.24) is 0 Å². The van der Waals surface area contributed by atoms with Crippen molar-refractivity contribution < 1.29 is 9.72 Å². The third kappa shape index (κ3) is 3.47. The van der Waals surface area contributed by atoms with Gasteiger partial charge in [0.15, 0.2) is 0 Å². The molecule has 1 fully saturated rings. The molecule has 0 atom stereocenters. The second kappa shape index (κ2) is 4.91. The number of carbonyl (C=O) groups excluding carboxylic acids is 1. The van der Waals surface area contributed by atoms with E-state index < -0.39 is 4.92 Å². The summed E-state index contributed by atoms with van der Waals surface area (Å²) in [6.07, 6.45) is 1.68. The monoisotopic (exact) mass is 260 g/mol. The highest BCUT2D eigenvalue weighted by atomic mass is 16.6. The van der Waals surface area contributed by atoms with Crippen LogP contribution in [-0.2, 0) is 4.79 Å². The molecule has 2 rings (SSSR count). The number of hydrogen-bond acceptors (Lipinski definition) is 4. The van der Waals surface area contributed by atoms with E-state index in [2.05, 4.69) is 4.99 Å². The lowest BCUT2D eigenvalue weighted by Gasteiger charge is -2.29. The molecular formula is C14H16N2O3. The van der Waals surface area contributed by atoms with Crippen LogP contribution in [0.5, 0.6) is 0 Å². The largest absolute Gasteiger partial charge is 0.299 e. The third-order valence-electron chi connectivity index (χ3n) is 3.09. The summed E-state index contributed by atoms with van der Waals surface area (Å²) in [4.78, 5) is 26.3. The number of nitro benzene ring substituents is 1. The van der Waals surface area contributed by atoms with Crippen molar-refractivity contribution in [3.05, 3.63) is 34.4 Å². The average molecular weight is 260 g/mol. The molecule has 1 aromatic rings. The molecule has 0 radical (unpaired) electrons. The Hall–Kier alpha value is -2.04. The SMILES string of the molecule is CC1(C)CC(=O)CC(=Nc2cccc([N+](=O)[O-])c2)C1. The van der Waals surface area contributed by atoms with E-state index in [-0.39, 0.29) is 16.9 Å². The van der Waals surface area contributed by atoms with Crippen LogP contribution in [0.1, 0.15) is 33.1 Å². The van der Waals surface area contributed by atoms with Crippen molar-refractivity contribution in [1.29, 1.82) is 0 Å². The summed E-state index contributed by atoms with van der Waals surface area (Å²) in [7, 11) is 0. The molecule has 100 valence electrons. The minimum absolute atomic E-state index is 0.0169. The number of carbonyl (C=O) groups is 1. The van der Waals surface area contributed by atoms with Crippen LogP contribution in [-0.4, -0.2) is 16.4 Å². The van der Waals surface area contributed by atoms with E-state index in [9.17, 15) is 14.9 Å². The number of nitrogens with zero attached hydrogens (tertiary/aromatic N) is 2. The molecule has 0 amide bonds. The van der Waals surface area contributed by atoms with Crippen LogP contribution in [0.4, 0.5) is 11.4 Å². The standard InChI is InChI=1S/C14H16N2O3/c1-14(2)8-11(7-13(17)9-14)15-10-4-3-5-12(6-10)16(18)19/h3-6H,7-9H2,1-2H3. The fourth-order valence-electron chi connectivity index (χ4n) is 2.44. The van der Waals surface area contributed by atoms with Crippen LogP contribution in [0.15, 0.2) is 29.3 Å². The van der Waals surface area contributed by atoms with E-state index in [0.29, 0.717) is 18.5 Å². The summed E-state index contributed by atoms with van der Waals surface area (Å²) < 4.78 is 0. The molecule has 0 unspecified atom stereocenters. The van der Waals surface area contributed by atoms with Crippen molar-refractivity contribution in [2.24, 2.45) is 10.4 Å². The smallest absolute Gasteiger partial charge is 0.271 e. The van der Waals surface area contributed by atoms with Crippen LogP contribution in [0, 0.1) is 15.5 Å². The lowest BCUT2D eigenvalue weighted by atomic mass is 9.76. The Kier molecular flexibility index (Phi) is 3.46. The Balaban J connectivity index is 2.28. The predicted octanol–water partition coefficient (Wildman–Crippen LogP) is 3.45. The van der Waals surface area contributed by atoms with Gasteiger partial charge in [0.2, 0.25) is 0 Å². The summed E-state index contributed by atoms with van der Waals surface area (Å²) in [6, 6.07) is 6.18. The molecule has 0 heterocycles. The van der Waals surface area contributed by atoms with Crippen LogP contribution in [0.3, 0.4) is 0 Å². The summed E-state index contributed by atoms with van der Waals surface area (Å²) in [5, 5.41) is 10.7. The zero-order chi connectivity index (χ0) is 14.0. The fourth-order valence-corrected chi connectivity index (χ4v) is 2.44. The van der Waals surface area contributed by atoms with Gasteiger partial charge in [-0.25, -0.2) is 0 Å². The lowest BCUT2D eigenvalue weighted by molar-refractivity contribution is -0.384. The third-order valence-corrected chi connectivity index (χ3v) is 3.09. The highest BCUT2D eigenvalue weighted by Gasteiger charge is 2.30.